The fourth-order valence-corrected chi connectivity index (χ4v) is 3.59. The number of nitrogens with zero attached hydrogens (tertiary/aromatic N) is 3. The first-order valence-corrected chi connectivity index (χ1v) is 8.97. The molecular formula is C14H18N4O3S2. The van der Waals surface area contributed by atoms with Crippen LogP contribution in [0, 0.1) is 0 Å². The molecular weight excluding hydrogens is 336 g/mol. The molecule has 2 rings (SSSR count). The van der Waals surface area contributed by atoms with Crippen LogP contribution in [0.2, 0.25) is 0 Å². The lowest BCUT2D eigenvalue weighted by Gasteiger charge is -2.07. The third-order valence-corrected chi connectivity index (χ3v) is 4.88. The molecule has 0 aliphatic rings. The second-order valence-corrected chi connectivity index (χ2v) is 6.35. The van der Waals surface area contributed by atoms with Gasteiger partial charge in [0.1, 0.15) is 10.8 Å². The predicted molar refractivity (Wildman–Crippen MR) is 90.1 cm³/mol. The molecule has 1 amide bonds. The van der Waals surface area contributed by atoms with E-state index in [1.807, 2.05) is 18.4 Å². The van der Waals surface area contributed by atoms with Gasteiger partial charge in [-0.1, -0.05) is 18.7 Å². The number of aromatic nitrogens is 3. The number of rotatable bonds is 7. The summed E-state index contributed by atoms with van der Waals surface area (Å²) in [5, 5.41) is 13.9. The van der Waals surface area contributed by atoms with Crippen molar-refractivity contribution in [3.63, 3.8) is 0 Å². The smallest absolute Gasteiger partial charge is 0.340 e. The second kappa shape index (κ2) is 8.11. The van der Waals surface area contributed by atoms with Gasteiger partial charge >= 0.3 is 5.97 Å². The fourth-order valence-electron chi connectivity index (χ4n) is 1.97. The van der Waals surface area contributed by atoms with Gasteiger partial charge in [0, 0.05) is 13.0 Å². The van der Waals surface area contributed by atoms with Crippen LogP contribution in [0.3, 0.4) is 0 Å². The van der Waals surface area contributed by atoms with Crippen molar-refractivity contribution < 1.29 is 14.3 Å². The van der Waals surface area contributed by atoms with Gasteiger partial charge in [0.05, 0.1) is 18.4 Å². The Labute approximate surface area is 142 Å². The van der Waals surface area contributed by atoms with Crippen LogP contribution in [0.5, 0.6) is 0 Å². The van der Waals surface area contributed by atoms with E-state index in [1.54, 1.807) is 11.4 Å². The molecule has 0 fully saturated rings. The SMILES string of the molecule is CCc1nnc(SCC(=O)Nc2sccc2C(=O)OC)n1CC. The Hall–Kier alpha value is -1.87. The third kappa shape index (κ3) is 4.11. The number of ether oxygens (including phenoxy) is 1. The van der Waals surface area contributed by atoms with E-state index in [1.165, 1.54) is 30.2 Å². The molecule has 0 aliphatic heterocycles. The topological polar surface area (TPSA) is 86.1 Å². The molecule has 0 aliphatic carbocycles. The molecule has 7 nitrogen and oxygen atoms in total. The van der Waals surface area contributed by atoms with Crippen LogP contribution in [0.15, 0.2) is 16.6 Å². The quantitative estimate of drug-likeness (QED) is 0.607. The van der Waals surface area contributed by atoms with Crippen LogP contribution in [0.1, 0.15) is 30.0 Å². The normalized spacial score (nSPS) is 10.6. The van der Waals surface area contributed by atoms with Crippen LogP contribution in [-0.2, 0) is 22.5 Å². The van der Waals surface area contributed by atoms with Crippen molar-refractivity contribution in [2.45, 2.75) is 32.0 Å². The van der Waals surface area contributed by atoms with E-state index in [0.29, 0.717) is 10.6 Å². The Morgan fingerprint density at radius 3 is 2.83 bits per heavy atom. The van der Waals surface area contributed by atoms with Crippen LogP contribution in [-0.4, -0.2) is 39.5 Å². The minimum Gasteiger partial charge on any atom is -0.465 e. The molecule has 0 radical (unpaired) electrons. The molecule has 2 heterocycles. The Morgan fingerprint density at radius 1 is 1.39 bits per heavy atom. The van der Waals surface area contributed by atoms with Gasteiger partial charge in [-0.05, 0) is 18.4 Å². The van der Waals surface area contributed by atoms with Crippen molar-refractivity contribution in [1.29, 1.82) is 0 Å². The summed E-state index contributed by atoms with van der Waals surface area (Å²) >= 11 is 2.61. The van der Waals surface area contributed by atoms with E-state index in [0.717, 1.165) is 23.9 Å². The summed E-state index contributed by atoms with van der Waals surface area (Å²) in [7, 11) is 1.31. The van der Waals surface area contributed by atoms with Gasteiger partial charge in [0.15, 0.2) is 5.16 Å². The highest BCUT2D eigenvalue weighted by Gasteiger charge is 2.16. The van der Waals surface area contributed by atoms with Gasteiger partial charge in [0.25, 0.3) is 0 Å². The van der Waals surface area contributed by atoms with Crippen molar-refractivity contribution in [2.24, 2.45) is 0 Å². The number of nitrogens with one attached hydrogen (secondary N) is 1. The van der Waals surface area contributed by atoms with Gasteiger partial charge < -0.3 is 14.6 Å². The average molecular weight is 354 g/mol. The predicted octanol–water partition coefficient (Wildman–Crippen LogP) is 2.44. The molecule has 1 N–H and O–H groups in total. The Kier molecular flexibility index (Phi) is 6.17. The molecule has 9 heteroatoms. The highest BCUT2D eigenvalue weighted by Crippen LogP contribution is 2.25. The lowest BCUT2D eigenvalue weighted by molar-refractivity contribution is -0.113. The highest BCUT2D eigenvalue weighted by molar-refractivity contribution is 7.99. The number of carbonyl (C=O) groups is 2. The number of hydrogen-bond acceptors (Lipinski definition) is 7. The van der Waals surface area contributed by atoms with Crippen molar-refractivity contribution in [3.8, 4) is 0 Å². The minimum absolute atomic E-state index is 0.195. The molecule has 0 saturated carbocycles. The molecule has 124 valence electrons. The third-order valence-electron chi connectivity index (χ3n) is 3.08. The Bertz CT molecular complexity index is 696. The number of anilines is 1. The second-order valence-electron chi connectivity index (χ2n) is 4.49. The van der Waals surface area contributed by atoms with Crippen molar-refractivity contribution in [3.05, 3.63) is 22.8 Å². The lowest BCUT2D eigenvalue weighted by Crippen LogP contribution is -2.16. The van der Waals surface area contributed by atoms with Crippen LogP contribution < -0.4 is 5.32 Å². The van der Waals surface area contributed by atoms with Crippen molar-refractivity contribution >= 4 is 40.0 Å². The number of aryl methyl sites for hydroxylation is 1. The van der Waals surface area contributed by atoms with Gasteiger partial charge in [-0.15, -0.1) is 21.5 Å². The fraction of sp³-hybridized carbons (Fsp3) is 0.429. The highest BCUT2D eigenvalue weighted by atomic mass is 32.2. The Morgan fingerprint density at radius 2 is 2.17 bits per heavy atom. The number of amides is 1. The van der Waals surface area contributed by atoms with Gasteiger partial charge in [-0.25, -0.2) is 4.79 Å². The van der Waals surface area contributed by atoms with Crippen LogP contribution in [0.4, 0.5) is 5.00 Å². The zero-order valence-corrected chi connectivity index (χ0v) is 14.8. The van der Waals surface area contributed by atoms with Crippen molar-refractivity contribution in [2.75, 3.05) is 18.2 Å². The van der Waals surface area contributed by atoms with Crippen LogP contribution >= 0.6 is 23.1 Å². The lowest BCUT2D eigenvalue weighted by atomic mass is 10.3. The molecule has 0 spiro atoms. The summed E-state index contributed by atoms with van der Waals surface area (Å²) < 4.78 is 6.67. The minimum atomic E-state index is -0.465. The molecule has 0 saturated heterocycles. The molecule has 23 heavy (non-hydrogen) atoms. The zero-order chi connectivity index (χ0) is 16.8. The summed E-state index contributed by atoms with van der Waals surface area (Å²) in [6.45, 7) is 4.79. The van der Waals surface area contributed by atoms with E-state index in [2.05, 4.69) is 20.3 Å². The molecule has 2 aromatic heterocycles. The summed E-state index contributed by atoms with van der Waals surface area (Å²) in [5.41, 5.74) is 0.362. The van der Waals surface area contributed by atoms with Crippen molar-refractivity contribution in [1.82, 2.24) is 14.8 Å². The van der Waals surface area contributed by atoms with E-state index in [4.69, 9.17) is 0 Å². The first-order chi connectivity index (χ1) is 11.1. The largest absolute Gasteiger partial charge is 0.465 e. The average Bonchev–Trinajstić information content (AvgIpc) is 3.17. The molecule has 2 aromatic rings. The number of methoxy groups -OCH3 is 1. The zero-order valence-electron chi connectivity index (χ0n) is 13.2. The van der Waals surface area contributed by atoms with E-state index in [-0.39, 0.29) is 11.7 Å². The summed E-state index contributed by atoms with van der Waals surface area (Å²) in [6, 6.07) is 1.63. The maximum atomic E-state index is 12.1. The molecule has 0 aromatic carbocycles. The first kappa shape index (κ1) is 17.5. The summed E-state index contributed by atoms with van der Waals surface area (Å²) in [4.78, 5) is 23.7. The number of thioether (sulfide) groups is 1. The van der Waals surface area contributed by atoms with Crippen LogP contribution in [0.25, 0.3) is 0 Å². The number of esters is 1. The van der Waals surface area contributed by atoms with E-state index >= 15 is 0 Å². The Balaban J connectivity index is 1.97. The first-order valence-electron chi connectivity index (χ1n) is 7.11. The number of thiophene rings is 1. The number of carbonyl (C=O) groups excluding carboxylic acids is 2. The maximum Gasteiger partial charge on any atom is 0.340 e. The van der Waals surface area contributed by atoms with Gasteiger partial charge in [-0.3, -0.25) is 4.79 Å². The van der Waals surface area contributed by atoms with Gasteiger partial charge in [-0.2, -0.15) is 0 Å². The summed E-state index contributed by atoms with van der Waals surface area (Å²) in [6.07, 6.45) is 0.797. The van der Waals surface area contributed by atoms with Gasteiger partial charge in [0.2, 0.25) is 5.91 Å². The number of hydrogen-bond donors (Lipinski definition) is 1. The molecule has 0 bridgehead atoms. The molecule has 0 unspecified atom stereocenters. The van der Waals surface area contributed by atoms with E-state index in [9.17, 15) is 9.59 Å². The maximum absolute atomic E-state index is 12.1. The summed E-state index contributed by atoms with van der Waals surface area (Å²) in [5.74, 6) is 0.431. The standard InChI is InChI=1S/C14H18N4O3S2/c1-4-10-16-17-14(18(10)5-2)23-8-11(19)15-12-9(6-7-22-12)13(20)21-3/h6-7H,4-5,8H2,1-3H3,(H,15,19). The monoisotopic (exact) mass is 354 g/mol. The van der Waals surface area contributed by atoms with E-state index < -0.39 is 5.97 Å². The molecule has 0 atom stereocenters.